The molecule has 0 radical (unpaired) electrons. The van der Waals surface area contributed by atoms with Gasteiger partial charge in [-0.25, -0.2) is 4.79 Å². The smallest absolute Gasteiger partial charge is 0.331 e. The molecule has 0 bridgehead atoms. The molecule has 0 aromatic heterocycles. The maximum Gasteiger partial charge on any atom is 0.331 e. The number of carbonyl (C=O) groups is 1. The maximum atomic E-state index is 12.3. The molecule has 0 N–H and O–H groups in total. The lowest BCUT2D eigenvalue weighted by molar-refractivity contribution is -0.136. The van der Waals surface area contributed by atoms with E-state index in [1.165, 1.54) is 102 Å². The Balaban J connectivity index is 3.93. The van der Waals surface area contributed by atoms with E-state index in [2.05, 4.69) is 75.3 Å². The van der Waals surface area contributed by atoms with Crippen molar-refractivity contribution in [1.29, 1.82) is 0 Å². The largest absolute Gasteiger partial charge is 0.458 e. The number of hydrogen-bond acceptors (Lipinski definition) is 2. The summed E-state index contributed by atoms with van der Waals surface area (Å²) in [7, 11) is 0. The van der Waals surface area contributed by atoms with Gasteiger partial charge in [0.25, 0.3) is 0 Å². The van der Waals surface area contributed by atoms with Gasteiger partial charge in [-0.2, -0.15) is 0 Å². The van der Waals surface area contributed by atoms with Crippen molar-refractivity contribution in [3.8, 4) is 0 Å². The molecule has 2 heteroatoms. The first-order valence-corrected chi connectivity index (χ1v) is 18.4. The van der Waals surface area contributed by atoms with E-state index >= 15 is 0 Å². The van der Waals surface area contributed by atoms with E-state index in [0.29, 0.717) is 6.61 Å². The van der Waals surface area contributed by atoms with Crippen LogP contribution in [0.5, 0.6) is 0 Å². The molecule has 0 aliphatic rings. The molecular formula is C40H76O2. The van der Waals surface area contributed by atoms with Gasteiger partial charge in [0, 0.05) is 6.08 Å². The molecule has 4 atom stereocenters. The van der Waals surface area contributed by atoms with E-state index in [1.807, 2.05) is 0 Å². The predicted molar refractivity (Wildman–Crippen MR) is 188 cm³/mol. The van der Waals surface area contributed by atoms with Gasteiger partial charge in [-0.3, -0.25) is 0 Å². The third kappa shape index (κ3) is 27.8. The lowest BCUT2D eigenvalue weighted by atomic mass is 9.91. The number of ether oxygens (including phenoxy) is 1. The van der Waals surface area contributed by atoms with E-state index in [4.69, 9.17) is 4.74 Å². The van der Waals surface area contributed by atoms with Crippen molar-refractivity contribution in [2.75, 3.05) is 6.61 Å². The topological polar surface area (TPSA) is 26.3 Å². The number of carbonyl (C=O) groups excluding carboxylic acids is 1. The minimum absolute atomic E-state index is 0.192. The molecule has 0 spiro atoms. The molecule has 2 nitrogen and oxygen atoms in total. The Labute approximate surface area is 265 Å². The lowest BCUT2D eigenvalue weighted by Crippen LogP contribution is -2.03. The molecule has 0 aliphatic heterocycles. The quantitative estimate of drug-likeness (QED) is 0.0542. The Bertz CT molecular complexity index is 700. The molecule has 248 valence electrons. The van der Waals surface area contributed by atoms with Crippen LogP contribution in [-0.2, 0) is 9.53 Å². The first-order valence-electron chi connectivity index (χ1n) is 18.4. The zero-order chi connectivity index (χ0) is 31.8. The van der Waals surface area contributed by atoms with Crippen molar-refractivity contribution in [2.45, 2.75) is 185 Å². The summed E-state index contributed by atoms with van der Waals surface area (Å²) >= 11 is 0. The minimum atomic E-state index is -0.192. The van der Waals surface area contributed by atoms with Crippen LogP contribution in [-0.4, -0.2) is 12.6 Å². The van der Waals surface area contributed by atoms with Crippen LogP contribution in [0, 0.1) is 35.5 Å². The minimum Gasteiger partial charge on any atom is -0.458 e. The van der Waals surface area contributed by atoms with Gasteiger partial charge in [0.1, 0.15) is 6.61 Å². The van der Waals surface area contributed by atoms with Gasteiger partial charge in [-0.1, -0.05) is 156 Å². The molecule has 0 saturated carbocycles. The van der Waals surface area contributed by atoms with Gasteiger partial charge in [0.05, 0.1) is 0 Å². The summed E-state index contributed by atoms with van der Waals surface area (Å²) in [5, 5.41) is 0. The second kappa shape index (κ2) is 26.4. The summed E-state index contributed by atoms with van der Waals surface area (Å²) in [6, 6.07) is 0. The monoisotopic (exact) mass is 589 g/mol. The van der Waals surface area contributed by atoms with Crippen molar-refractivity contribution < 1.29 is 9.53 Å². The summed E-state index contributed by atoms with van der Waals surface area (Å²) in [6.45, 7) is 23.6. The normalized spacial score (nSPS) is 15.7. The lowest BCUT2D eigenvalue weighted by Gasteiger charge is -2.15. The molecule has 4 unspecified atom stereocenters. The van der Waals surface area contributed by atoms with Crippen molar-refractivity contribution in [1.82, 2.24) is 0 Å². The molecule has 0 saturated heterocycles. The Hall–Kier alpha value is -1.05. The van der Waals surface area contributed by atoms with Crippen LogP contribution in [0.4, 0.5) is 0 Å². The highest BCUT2D eigenvalue weighted by Crippen LogP contribution is 2.23. The molecule has 0 aromatic carbocycles. The highest BCUT2D eigenvalue weighted by Gasteiger charge is 2.09. The van der Waals surface area contributed by atoms with Crippen LogP contribution in [0.3, 0.4) is 0 Å². The average molecular weight is 589 g/mol. The van der Waals surface area contributed by atoms with Crippen LogP contribution in [0.15, 0.2) is 23.3 Å². The van der Waals surface area contributed by atoms with E-state index in [0.717, 1.165) is 60.3 Å². The van der Waals surface area contributed by atoms with Crippen LogP contribution in [0.1, 0.15) is 185 Å². The van der Waals surface area contributed by atoms with Crippen LogP contribution in [0.25, 0.3) is 0 Å². The number of esters is 1. The van der Waals surface area contributed by atoms with E-state index in [9.17, 15) is 4.79 Å². The summed E-state index contributed by atoms with van der Waals surface area (Å²) in [6.07, 6.45) is 27.3. The van der Waals surface area contributed by atoms with Crippen molar-refractivity contribution in [2.24, 2.45) is 35.5 Å². The average Bonchev–Trinajstić information content (AvgIpc) is 2.88. The van der Waals surface area contributed by atoms with Crippen LogP contribution >= 0.6 is 0 Å². The van der Waals surface area contributed by atoms with Crippen molar-refractivity contribution in [3.05, 3.63) is 23.3 Å². The molecule has 0 aliphatic carbocycles. The second-order valence-corrected chi connectivity index (χ2v) is 15.4. The molecule has 0 aromatic rings. The molecule has 0 amide bonds. The maximum absolute atomic E-state index is 12.3. The number of rotatable bonds is 27. The Kier molecular flexibility index (Phi) is 25.7. The number of hydrogen-bond donors (Lipinski definition) is 0. The van der Waals surface area contributed by atoms with Gasteiger partial charge in [-0.15, -0.1) is 0 Å². The van der Waals surface area contributed by atoms with Crippen LogP contribution in [0.2, 0.25) is 0 Å². The van der Waals surface area contributed by atoms with Gasteiger partial charge >= 0.3 is 5.97 Å². The third-order valence-corrected chi connectivity index (χ3v) is 9.30. The zero-order valence-corrected chi connectivity index (χ0v) is 30.4. The van der Waals surface area contributed by atoms with Gasteiger partial charge in [0.2, 0.25) is 0 Å². The molecule has 0 heterocycles. The van der Waals surface area contributed by atoms with Gasteiger partial charge in [0.15, 0.2) is 0 Å². The summed E-state index contributed by atoms with van der Waals surface area (Å²) in [5.41, 5.74) is 2.49. The standard InChI is InChI=1S/C40H76O2/c1-32(2)17-11-19-34(5)21-13-23-36(7)25-15-27-38(9)29-30-42-40(41)31-39(10)28-16-26-37(8)24-14-22-35(6)20-12-18-33(3)4/h29,31-37H,11-28,30H2,1-10H3. The fourth-order valence-electron chi connectivity index (χ4n) is 6.10. The second-order valence-electron chi connectivity index (χ2n) is 15.4. The first kappa shape index (κ1) is 41.0. The predicted octanol–water partition coefficient (Wildman–Crippen LogP) is 13.3. The van der Waals surface area contributed by atoms with E-state index in [1.54, 1.807) is 6.08 Å². The van der Waals surface area contributed by atoms with Crippen LogP contribution < -0.4 is 0 Å². The summed E-state index contributed by atoms with van der Waals surface area (Å²) < 4.78 is 5.48. The Morgan fingerprint density at radius 2 is 0.833 bits per heavy atom. The van der Waals surface area contributed by atoms with Gasteiger partial charge in [-0.05, 0) is 81.1 Å². The van der Waals surface area contributed by atoms with Crippen molar-refractivity contribution >= 4 is 5.97 Å². The Morgan fingerprint density at radius 3 is 1.21 bits per heavy atom. The summed E-state index contributed by atoms with van der Waals surface area (Å²) in [5.74, 6) is 4.82. The fourth-order valence-corrected chi connectivity index (χ4v) is 6.10. The SMILES string of the molecule is CC(=CCOC(=O)C=C(C)CCCC(C)CCCC(C)CCCC(C)C)CCCC(C)CCCC(C)CCCC(C)C. The van der Waals surface area contributed by atoms with E-state index in [-0.39, 0.29) is 5.97 Å². The Morgan fingerprint density at radius 1 is 0.500 bits per heavy atom. The number of allylic oxidation sites excluding steroid dienone is 2. The molecular weight excluding hydrogens is 512 g/mol. The fraction of sp³-hybridized carbons (Fsp3) is 0.875. The molecule has 0 fully saturated rings. The van der Waals surface area contributed by atoms with E-state index < -0.39 is 0 Å². The molecule has 0 rings (SSSR count). The first-order chi connectivity index (χ1) is 19.9. The zero-order valence-electron chi connectivity index (χ0n) is 30.4. The highest BCUT2D eigenvalue weighted by molar-refractivity contribution is 5.82. The summed E-state index contributed by atoms with van der Waals surface area (Å²) in [4.78, 5) is 12.3. The third-order valence-electron chi connectivity index (χ3n) is 9.30. The van der Waals surface area contributed by atoms with Crippen molar-refractivity contribution in [3.63, 3.8) is 0 Å². The highest BCUT2D eigenvalue weighted by atomic mass is 16.5. The molecule has 42 heavy (non-hydrogen) atoms. The van der Waals surface area contributed by atoms with Gasteiger partial charge < -0.3 is 4.74 Å².